The van der Waals surface area contributed by atoms with Gasteiger partial charge in [0.2, 0.25) is 21.7 Å². The number of aromatic nitrogens is 2. The van der Waals surface area contributed by atoms with Crippen LogP contribution in [0.3, 0.4) is 0 Å². The van der Waals surface area contributed by atoms with Crippen molar-refractivity contribution in [1.82, 2.24) is 14.4 Å². The van der Waals surface area contributed by atoms with Crippen LogP contribution in [0.2, 0.25) is 0 Å². The topological polar surface area (TPSA) is 94.8 Å². The van der Waals surface area contributed by atoms with E-state index in [1.54, 1.807) is 13.0 Å². The van der Waals surface area contributed by atoms with Crippen LogP contribution in [0.1, 0.15) is 30.5 Å². The summed E-state index contributed by atoms with van der Waals surface area (Å²) in [5.41, 5.74) is 0. The Hall–Kier alpha value is -1.33. The number of rotatable bonds is 4. The van der Waals surface area contributed by atoms with Crippen molar-refractivity contribution in [2.75, 3.05) is 26.3 Å². The Labute approximate surface area is 156 Å². The highest BCUT2D eigenvalue weighted by Crippen LogP contribution is 2.37. The third kappa shape index (κ3) is 3.09. The molecule has 8 nitrogen and oxygen atoms in total. The molecule has 2 aliphatic rings. The summed E-state index contributed by atoms with van der Waals surface area (Å²) in [6, 6.07) is 1.65. The molecule has 0 aliphatic carbocycles. The van der Waals surface area contributed by atoms with Gasteiger partial charge in [0.05, 0.1) is 23.0 Å². The Kier molecular flexibility index (Phi) is 4.64. The zero-order chi connectivity index (χ0) is 18.4. The van der Waals surface area contributed by atoms with Crippen LogP contribution in [0.15, 0.2) is 15.5 Å². The van der Waals surface area contributed by atoms with E-state index in [9.17, 15) is 8.42 Å². The SMILES string of the molecule is CCc1nc(-c2cc(S(=O)(=O)N3CCC4(CC3)OCCO4)c(C)s2)no1. The first kappa shape index (κ1) is 18.1. The second-order valence-corrected chi connectivity index (χ2v) is 9.57. The van der Waals surface area contributed by atoms with Crippen molar-refractivity contribution in [3.8, 4) is 10.7 Å². The summed E-state index contributed by atoms with van der Waals surface area (Å²) in [7, 11) is -3.58. The van der Waals surface area contributed by atoms with Crippen LogP contribution in [0, 0.1) is 6.92 Å². The van der Waals surface area contributed by atoms with Crippen LogP contribution < -0.4 is 0 Å². The van der Waals surface area contributed by atoms with E-state index in [2.05, 4.69) is 10.1 Å². The molecule has 0 unspecified atom stereocenters. The molecule has 26 heavy (non-hydrogen) atoms. The Morgan fingerprint density at radius 2 is 1.96 bits per heavy atom. The molecule has 0 amide bonds. The quantitative estimate of drug-likeness (QED) is 0.778. The largest absolute Gasteiger partial charge is 0.347 e. The van der Waals surface area contributed by atoms with E-state index < -0.39 is 15.8 Å². The Bertz CT molecular complexity index is 889. The molecule has 2 aliphatic heterocycles. The lowest BCUT2D eigenvalue weighted by Crippen LogP contribution is -2.47. The maximum Gasteiger partial charge on any atom is 0.244 e. The minimum Gasteiger partial charge on any atom is -0.347 e. The summed E-state index contributed by atoms with van der Waals surface area (Å²) in [6.45, 7) is 5.64. The van der Waals surface area contributed by atoms with Crippen LogP contribution in [-0.4, -0.2) is 55.0 Å². The second-order valence-electron chi connectivity index (χ2n) is 6.41. The van der Waals surface area contributed by atoms with Crippen molar-refractivity contribution < 1.29 is 22.4 Å². The lowest BCUT2D eigenvalue weighted by Gasteiger charge is -2.36. The lowest BCUT2D eigenvalue weighted by atomic mass is 10.1. The fourth-order valence-electron chi connectivity index (χ4n) is 3.32. The Balaban J connectivity index is 1.56. The van der Waals surface area contributed by atoms with E-state index in [4.69, 9.17) is 14.0 Å². The van der Waals surface area contributed by atoms with Crippen LogP contribution in [0.4, 0.5) is 0 Å². The van der Waals surface area contributed by atoms with Gasteiger partial charge in [-0.05, 0) is 13.0 Å². The van der Waals surface area contributed by atoms with Crippen molar-refractivity contribution >= 4 is 21.4 Å². The third-order valence-corrected chi connectivity index (χ3v) is 7.98. The van der Waals surface area contributed by atoms with Crippen LogP contribution >= 0.6 is 11.3 Å². The molecule has 10 heteroatoms. The highest BCUT2D eigenvalue weighted by molar-refractivity contribution is 7.89. The molecule has 0 bridgehead atoms. The minimum atomic E-state index is -3.58. The van der Waals surface area contributed by atoms with E-state index in [1.807, 2.05) is 6.92 Å². The molecule has 142 valence electrons. The molecule has 4 heterocycles. The van der Waals surface area contributed by atoms with Crippen molar-refractivity contribution in [1.29, 1.82) is 0 Å². The van der Waals surface area contributed by atoms with Gasteiger partial charge >= 0.3 is 0 Å². The van der Waals surface area contributed by atoms with Gasteiger partial charge in [0.15, 0.2) is 5.79 Å². The number of nitrogens with zero attached hydrogens (tertiary/aromatic N) is 3. The van der Waals surface area contributed by atoms with Gasteiger partial charge in [0.25, 0.3) is 0 Å². The van der Waals surface area contributed by atoms with E-state index in [0.29, 0.717) is 67.1 Å². The smallest absolute Gasteiger partial charge is 0.244 e. The predicted octanol–water partition coefficient (Wildman–Crippen LogP) is 2.20. The van der Waals surface area contributed by atoms with Gasteiger partial charge in [-0.1, -0.05) is 12.1 Å². The number of sulfonamides is 1. The first-order valence-corrected chi connectivity index (χ1v) is 10.9. The molecule has 0 saturated carbocycles. The van der Waals surface area contributed by atoms with Gasteiger partial charge in [0, 0.05) is 37.2 Å². The highest BCUT2D eigenvalue weighted by Gasteiger charge is 2.43. The molecule has 0 N–H and O–H groups in total. The zero-order valence-electron chi connectivity index (χ0n) is 14.7. The summed E-state index contributed by atoms with van der Waals surface area (Å²) in [6.07, 6.45) is 1.74. The Morgan fingerprint density at radius 1 is 1.27 bits per heavy atom. The van der Waals surface area contributed by atoms with Crippen LogP contribution in [0.5, 0.6) is 0 Å². The third-order valence-electron chi connectivity index (χ3n) is 4.78. The molecule has 1 spiro atoms. The van der Waals surface area contributed by atoms with Gasteiger partial charge in [-0.15, -0.1) is 11.3 Å². The van der Waals surface area contributed by atoms with Crippen molar-refractivity contribution in [3.63, 3.8) is 0 Å². The molecule has 2 aromatic heterocycles. The van der Waals surface area contributed by atoms with E-state index in [-0.39, 0.29) is 0 Å². The zero-order valence-corrected chi connectivity index (χ0v) is 16.4. The van der Waals surface area contributed by atoms with Crippen molar-refractivity contribution in [2.45, 2.75) is 43.8 Å². The first-order valence-electron chi connectivity index (χ1n) is 8.65. The number of aryl methyl sites for hydroxylation is 2. The van der Waals surface area contributed by atoms with E-state index in [0.717, 1.165) is 4.88 Å². The summed E-state index contributed by atoms with van der Waals surface area (Å²) < 4.78 is 44.2. The normalized spacial score (nSPS) is 20.8. The molecular weight excluding hydrogens is 378 g/mol. The maximum atomic E-state index is 13.1. The van der Waals surface area contributed by atoms with Crippen molar-refractivity contribution in [3.05, 3.63) is 16.8 Å². The Morgan fingerprint density at radius 3 is 2.58 bits per heavy atom. The van der Waals surface area contributed by atoms with E-state index >= 15 is 0 Å². The number of piperidine rings is 1. The molecule has 2 fully saturated rings. The predicted molar refractivity (Wildman–Crippen MR) is 94.4 cm³/mol. The van der Waals surface area contributed by atoms with Gasteiger partial charge in [0.1, 0.15) is 0 Å². The second kappa shape index (κ2) is 6.68. The highest BCUT2D eigenvalue weighted by atomic mass is 32.2. The van der Waals surface area contributed by atoms with Crippen LogP contribution in [-0.2, 0) is 25.9 Å². The molecule has 2 aromatic rings. The van der Waals surface area contributed by atoms with Gasteiger partial charge in [-0.25, -0.2) is 8.42 Å². The van der Waals surface area contributed by atoms with Crippen LogP contribution in [0.25, 0.3) is 10.7 Å². The molecular formula is C16H21N3O5S2. The molecule has 0 aromatic carbocycles. The fraction of sp³-hybridized carbons (Fsp3) is 0.625. The lowest BCUT2D eigenvalue weighted by molar-refractivity contribution is -0.179. The molecule has 4 rings (SSSR count). The monoisotopic (exact) mass is 399 g/mol. The fourth-order valence-corrected chi connectivity index (χ4v) is 6.25. The average molecular weight is 399 g/mol. The summed E-state index contributed by atoms with van der Waals surface area (Å²) in [4.78, 5) is 6.01. The van der Waals surface area contributed by atoms with Crippen molar-refractivity contribution in [2.24, 2.45) is 0 Å². The number of ether oxygens (including phenoxy) is 2. The standard InChI is InChI=1S/C16H21N3O5S2/c1-3-14-17-15(18-24-14)12-10-13(11(2)25-12)26(20,21)19-6-4-16(5-7-19)22-8-9-23-16/h10H,3-9H2,1-2H3. The van der Waals surface area contributed by atoms with E-state index in [1.165, 1.54) is 15.6 Å². The molecule has 0 radical (unpaired) electrons. The summed E-state index contributed by atoms with van der Waals surface area (Å²) >= 11 is 1.36. The number of thiophene rings is 1. The van der Waals surface area contributed by atoms with Gasteiger partial charge in [-0.3, -0.25) is 0 Å². The maximum absolute atomic E-state index is 13.1. The van der Waals surface area contributed by atoms with Gasteiger partial charge < -0.3 is 14.0 Å². The summed E-state index contributed by atoms with van der Waals surface area (Å²) in [5.74, 6) is 0.373. The number of hydrogen-bond acceptors (Lipinski definition) is 8. The number of hydrogen-bond donors (Lipinski definition) is 0. The average Bonchev–Trinajstić information content (AvgIpc) is 3.35. The molecule has 0 atom stereocenters. The van der Waals surface area contributed by atoms with Gasteiger partial charge in [-0.2, -0.15) is 9.29 Å². The summed E-state index contributed by atoms with van der Waals surface area (Å²) in [5, 5.41) is 3.94. The molecule has 2 saturated heterocycles. The minimum absolute atomic E-state index is 0.310. The first-order chi connectivity index (χ1) is 12.4.